The first-order valence-electron chi connectivity index (χ1n) is 16.2. The second-order valence-corrected chi connectivity index (χ2v) is 12.7. The highest BCUT2D eigenvalue weighted by Crippen LogP contribution is 2.37. The van der Waals surface area contributed by atoms with Crippen LogP contribution in [0.5, 0.6) is 5.75 Å². The zero-order valence-corrected chi connectivity index (χ0v) is 27.7. The number of rotatable bonds is 18. The van der Waals surface area contributed by atoms with Gasteiger partial charge >= 0.3 is 6.09 Å². The van der Waals surface area contributed by atoms with Crippen LogP contribution in [0.2, 0.25) is 0 Å². The van der Waals surface area contributed by atoms with E-state index in [1.54, 1.807) is 14.2 Å². The van der Waals surface area contributed by atoms with E-state index in [0.717, 1.165) is 55.1 Å². The van der Waals surface area contributed by atoms with Gasteiger partial charge in [0.2, 0.25) is 0 Å². The minimum atomic E-state index is -1.20. The molecule has 11 nitrogen and oxygen atoms in total. The third-order valence-corrected chi connectivity index (χ3v) is 8.84. The molecule has 0 spiro atoms. The van der Waals surface area contributed by atoms with Crippen molar-refractivity contribution in [3.05, 3.63) is 59.2 Å². The van der Waals surface area contributed by atoms with Crippen molar-refractivity contribution in [2.24, 2.45) is 5.41 Å². The molecule has 1 saturated heterocycles. The monoisotopic (exact) mass is 641 g/mol. The zero-order valence-electron chi connectivity index (χ0n) is 27.7. The molecule has 3 atom stereocenters. The Labute approximate surface area is 272 Å². The number of nitrogens with one attached hydrogen (secondary N) is 2. The van der Waals surface area contributed by atoms with Crippen LogP contribution in [-0.2, 0) is 37.0 Å². The summed E-state index contributed by atoms with van der Waals surface area (Å²) in [4.78, 5) is 26.2. The molecule has 2 aliphatic rings. The fourth-order valence-corrected chi connectivity index (χ4v) is 6.21. The number of ether oxygens (including phenoxy) is 5. The highest BCUT2D eigenvalue weighted by atomic mass is 16.5. The molecule has 4 rings (SSSR count). The molecule has 0 saturated carbocycles. The molecule has 0 aliphatic carbocycles. The number of methoxy groups -OCH3 is 2. The van der Waals surface area contributed by atoms with Gasteiger partial charge in [-0.15, -0.1) is 0 Å². The zero-order chi connectivity index (χ0) is 32.9. The average Bonchev–Trinajstić information content (AvgIpc) is 3.05. The van der Waals surface area contributed by atoms with Gasteiger partial charge < -0.3 is 44.3 Å². The van der Waals surface area contributed by atoms with E-state index in [1.165, 1.54) is 5.56 Å². The predicted molar refractivity (Wildman–Crippen MR) is 176 cm³/mol. The van der Waals surface area contributed by atoms with Crippen LogP contribution in [0.25, 0.3) is 0 Å². The highest BCUT2D eigenvalue weighted by Gasteiger charge is 2.37. The summed E-state index contributed by atoms with van der Waals surface area (Å²) < 4.78 is 28.6. The van der Waals surface area contributed by atoms with E-state index in [0.29, 0.717) is 46.0 Å². The molecule has 0 radical (unpaired) electrons. The van der Waals surface area contributed by atoms with Crippen molar-refractivity contribution >= 4 is 17.6 Å². The van der Waals surface area contributed by atoms with Gasteiger partial charge in [0.1, 0.15) is 12.4 Å². The standard InChI is InChI=1S/C35H51N3O8/c1-35(2,33(39)22-37-34(40)41)20-28-19-29(27-9-6-25(7-10-27)23-44-17-16-43-4)32(21-36-28)46-24-26-8-11-31-30(18-26)38(13-15-45-31)12-5-14-42-3/h6-11,18,28-29,32,36-37H,5,12-17,19-24H2,1-4H3,(H,40,41)/t28-,29+,32-/m0/s1. The number of nitrogens with zero attached hydrogens (tertiary/aromatic N) is 1. The number of anilines is 1. The van der Waals surface area contributed by atoms with E-state index in [9.17, 15) is 9.59 Å². The highest BCUT2D eigenvalue weighted by molar-refractivity contribution is 5.88. The van der Waals surface area contributed by atoms with E-state index in [4.69, 9.17) is 28.8 Å². The molecule has 1 fully saturated rings. The van der Waals surface area contributed by atoms with E-state index < -0.39 is 11.5 Å². The van der Waals surface area contributed by atoms with Crippen LogP contribution in [0, 0.1) is 5.41 Å². The lowest BCUT2D eigenvalue weighted by Gasteiger charge is -2.40. The number of Topliss-reactive ketones (excluding diaryl/α,β-unsaturated/α-hetero) is 1. The Kier molecular flexibility index (Phi) is 13.7. The molecular weight excluding hydrogens is 590 g/mol. The fourth-order valence-electron chi connectivity index (χ4n) is 6.21. The van der Waals surface area contributed by atoms with Crippen LogP contribution >= 0.6 is 0 Å². The molecular formula is C35H51N3O8. The number of benzene rings is 2. The molecule has 0 bridgehead atoms. The number of fused-ring (bicyclic) bond motifs is 1. The Hall–Kier alpha value is -3.22. The van der Waals surface area contributed by atoms with Gasteiger partial charge in [-0.1, -0.05) is 44.2 Å². The number of carbonyl (C=O) groups excluding carboxylic acids is 1. The summed E-state index contributed by atoms with van der Waals surface area (Å²) in [5, 5.41) is 14.8. The van der Waals surface area contributed by atoms with Gasteiger partial charge in [0.15, 0.2) is 5.78 Å². The van der Waals surface area contributed by atoms with Gasteiger partial charge in [0, 0.05) is 51.3 Å². The van der Waals surface area contributed by atoms with Crippen molar-refractivity contribution in [2.45, 2.75) is 64.4 Å². The smallest absolute Gasteiger partial charge is 0.405 e. The maximum atomic E-state index is 12.9. The van der Waals surface area contributed by atoms with Crippen molar-refractivity contribution in [3.8, 4) is 5.75 Å². The minimum absolute atomic E-state index is 0.0623. The molecule has 3 N–H and O–H groups in total. The number of ketones is 1. The summed E-state index contributed by atoms with van der Waals surface area (Å²) in [5.74, 6) is 0.871. The summed E-state index contributed by atoms with van der Waals surface area (Å²) in [6.07, 6.45) is 1.04. The van der Waals surface area contributed by atoms with Crippen molar-refractivity contribution in [3.63, 3.8) is 0 Å². The van der Waals surface area contributed by atoms with E-state index >= 15 is 0 Å². The van der Waals surface area contributed by atoms with Crippen LogP contribution in [0.1, 0.15) is 55.7 Å². The first kappa shape index (κ1) is 35.6. The van der Waals surface area contributed by atoms with E-state index in [2.05, 4.69) is 51.9 Å². The Balaban J connectivity index is 1.46. The largest absolute Gasteiger partial charge is 0.490 e. The van der Waals surface area contributed by atoms with Gasteiger partial charge in [-0.2, -0.15) is 0 Å². The van der Waals surface area contributed by atoms with Crippen LogP contribution in [0.3, 0.4) is 0 Å². The van der Waals surface area contributed by atoms with E-state index in [-0.39, 0.29) is 30.4 Å². The molecule has 2 aliphatic heterocycles. The van der Waals surface area contributed by atoms with Crippen molar-refractivity contribution in [2.75, 3.05) is 71.7 Å². The van der Waals surface area contributed by atoms with Crippen LogP contribution in [-0.4, -0.2) is 96.0 Å². The first-order valence-corrected chi connectivity index (χ1v) is 16.2. The number of carboxylic acid groups (broad SMARTS) is 1. The molecule has 0 unspecified atom stereocenters. The number of amides is 1. The molecule has 2 heterocycles. The summed E-state index contributed by atoms with van der Waals surface area (Å²) in [6, 6.07) is 14.9. The maximum Gasteiger partial charge on any atom is 0.405 e. The molecule has 2 aromatic rings. The lowest BCUT2D eigenvalue weighted by atomic mass is 9.76. The summed E-state index contributed by atoms with van der Waals surface area (Å²) in [6.45, 7) is 9.42. The number of piperidine rings is 1. The van der Waals surface area contributed by atoms with Gasteiger partial charge in [-0.05, 0) is 48.1 Å². The first-order chi connectivity index (χ1) is 22.2. The van der Waals surface area contributed by atoms with Gasteiger partial charge in [0.25, 0.3) is 0 Å². The second kappa shape index (κ2) is 17.6. The molecule has 11 heteroatoms. The lowest BCUT2D eigenvalue weighted by Crippen LogP contribution is -2.49. The summed E-state index contributed by atoms with van der Waals surface area (Å²) >= 11 is 0. The number of carbonyl (C=O) groups is 2. The van der Waals surface area contributed by atoms with Crippen LogP contribution in [0.15, 0.2) is 42.5 Å². The predicted octanol–water partition coefficient (Wildman–Crippen LogP) is 4.37. The molecule has 46 heavy (non-hydrogen) atoms. The Morgan fingerprint density at radius 2 is 1.80 bits per heavy atom. The SMILES string of the molecule is COCCCN1CCOc2ccc(CO[C@H]3CN[C@H](CC(C)(C)C(=O)CNC(=O)O)C[C@@H]3c3ccc(COCCOC)cc3)cc21. The Bertz CT molecular complexity index is 1250. The summed E-state index contributed by atoms with van der Waals surface area (Å²) in [5.41, 5.74) is 3.75. The molecule has 254 valence electrons. The van der Waals surface area contributed by atoms with Crippen LogP contribution in [0.4, 0.5) is 10.5 Å². The van der Waals surface area contributed by atoms with Crippen LogP contribution < -0.4 is 20.3 Å². The van der Waals surface area contributed by atoms with Crippen molar-refractivity contribution in [1.29, 1.82) is 0 Å². The van der Waals surface area contributed by atoms with Gasteiger partial charge in [-0.3, -0.25) is 4.79 Å². The quantitative estimate of drug-likeness (QED) is 0.202. The van der Waals surface area contributed by atoms with Crippen molar-refractivity contribution in [1.82, 2.24) is 10.6 Å². The molecule has 0 aromatic heterocycles. The maximum absolute atomic E-state index is 12.9. The lowest BCUT2D eigenvalue weighted by molar-refractivity contribution is -0.127. The Morgan fingerprint density at radius 1 is 1.04 bits per heavy atom. The number of hydrogen-bond donors (Lipinski definition) is 3. The third-order valence-electron chi connectivity index (χ3n) is 8.84. The molecule has 2 aromatic carbocycles. The van der Waals surface area contributed by atoms with E-state index in [1.807, 2.05) is 19.9 Å². The minimum Gasteiger partial charge on any atom is -0.490 e. The Morgan fingerprint density at radius 3 is 2.54 bits per heavy atom. The van der Waals surface area contributed by atoms with Gasteiger partial charge in [-0.25, -0.2) is 4.79 Å². The van der Waals surface area contributed by atoms with Crippen molar-refractivity contribution < 1.29 is 38.4 Å². The normalized spacial score (nSPS) is 19.7. The van der Waals surface area contributed by atoms with Gasteiger partial charge in [0.05, 0.1) is 51.3 Å². The fraction of sp³-hybridized carbons (Fsp3) is 0.600. The molecule has 1 amide bonds. The number of hydrogen-bond acceptors (Lipinski definition) is 9. The topological polar surface area (TPSA) is 128 Å². The second-order valence-electron chi connectivity index (χ2n) is 12.7. The third kappa shape index (κ3) is 10.4. The average molecular weight is 642 g/mol. The summed E-state index contributed by atoms with van der Waals surface area (Å²) in [7, 11) is 3.39.